The molecule has 18 unspecified atom stereocenters. The standard InChI is InChI=1S/2C12H22O12.2BrH.2Ca/c2*13-1-3(15)10(7(18)8(19)11(21)22)24-12-9(20)6(17)5(16)4(2-14)23-12;;;;/h2*3-10,12-20H,1-2H2,(H,21,22);2*1H;;/q;;;;2*+2/p-4. The van der Waals surface area contributed by atoms with Gasteiger partial charge in [-0.05, 0) is 0 Å². The van der Waals surface area contributed by atoms with Crippen LogP contribution >= 0.6 is 0 Å². The average Bonchev–Trinajstić information content (AvgIpc) is 3.07. The molecule has 2 rings (SSSR count). The number of aliphatic hydroxyl groups excluding tert-OH is 16. The van der Waals surface area contributed by atoms with E-state index in [-0.39, 0.29) is 109 Å². The van der Waals surface area contributed by atoms with E-state index in [2.05, 4.69) is 0 Å². The van der Waals surface area contributed by atoms with Crippen LogP contribution in [0.2, 0.25) is 0 Å². The zero-order valence-corrected chi connectivity index (χ0v) is 34.4. The van der Waals surface area contributed by atoms with E-state index < -0.39 is 149 Å². The number of aliphatic hydroxyl groups is 16. The Hall–Kier alpha value is 1.62. The fourth-order valence-electron chi connectivity index (χ4n) is 4.31. The molecule has 0 aliphatic carbocycles. The van der Waals surface area contributed by atoms with Crippen molar-refractivity contribution in [1.29, 1.82) is 0 Å². The number of rotatable bonds is 16. The second-order valence-corrected chi connectivity index (χ2v) is 10.6. The summed E-state index contributed by atoms with van der Waals surface area (Å²) >= 11 is 0. The first-order valence-electron chi connectivity index (χ1n) is 13.9. The first kappa shape index (κ1) is 60.3. The van der Waals surface area contributed by atoms with Crippen molar-refractivity contribution in [2.24, 2.45) is 0 Å². The Morgan fingerprint density at radius 3 is 1.02 bits per heavy atom. The van der Waals surface area contributed by atoms with Crippen LogP contribution in [0.15, 0.2) is 0 Å². The number of hydrogen-bond donors (Lipinski definition) is 16. The Balaban J connectivity index is -0.000000411. The Bertz CT molecular complexity index is 905. The Morgan fingerprint density at radius 1 is 0.538 bits per heavy atom. The van der Waals surface area contributed by atoms with Gasteiger partial charge in [-0.25, -0.2) is 0 Å². The number of aliphatic carboxylic acids is 2. The van der Waals surface area contributed by atoms with Gasteiger partial charge in [0, 0.05) is 0 Å². The van der Waals surface area contributed by atoms with Gasteiger partial charge < -0.3 is 154 Å². The van der Waals surface area contributed by atoms with Crippen molar-refractivity contribution in [2.45, 2.75) is 110 Å². The van der Waals surface area contributed by atoms with Gasteiger partial charge in [0.25, 0.3) is 0 Å². The van der Waals surface area contributed by atoms with Crippen molar-refractivity contribution >= 4 is 87.4 Å². The van der Waals surface area contributed by atoms with E-state index in [1.807, 2.05) is 0 Å². The van der Waals surface area contributed by atoms with E-state index in [9.17, 15) is 81.1 Å². The molecular formula is C24H42Br2Ca2O24. The molecule has 0 amide bonds. The number of carbonyl (C=O) groups excluding carboxylic acids is 2. The van der Waals surface area contributed by atoms with Crippen LogP contribution < -0.4 is 44.2 Å². The van der Waals surface area contributed by atoms with Crippen LogP contribution in [0.3, 0.4) is 0 Å². The second-order valence-electron chi connectivity index (χ2n) is 10.6. The molecule has 0 bridgehead atoms. The van der Waals surface area contributed by atoms with Gasteiger partial charge in [-0.15, -0.1) is 0 Å². The summed E-state index contributed by atoms with van der Waals surface area (Å²) in [4.78, 5) is 21.2. The Labute approximate surface area is 374 Å². The van der Waals surface area contributed by atoms with Gasteiger partial charge >= 0.3 is 75.5 Å². The molecular weight excluding hydrogens is 912 g/mol. The predicted molar refractivity (Wildman–Crippen MR) is 149 cm³/mol. The zero-order valence-electron chi connectivity index (χ0n) is 26.8. The smallest absolute Gasteiger partial charge is 1.00 e. The predicted octanol–water partition coefficient (Wildman–Crippen LogP) is -20.8. The summed E-state index contributed by atoms with van der Waals surface area (Å²) in [5, 5.41) is 173. The fraction of sp³-hybridized carbons (Fsp3) is 0.917. The molecule has 300 valence electrons. The van der Waals surface area contributed by atoms with Gasteiger partial charge in [-0.3, -0.25) is 0 Å². The van der Waals surface area contributed by atoms with E-state index in [0.29, 0.717) is 0 Å². The van der Waals surface area contributed by atoms with Gasteiger partial charge in [0.05, 0.1) is 38.4 Å². The molecule has 18 atom stereocenters. The van der Waals surface area contributed by atoms with Crippen LogP contribution in [0.4, 0.5) is 0 Å². The van der Waals surface area contributed by atoms with Crippen LogP contribution in [0.5, 0.6) is 0 Å². The molecule has 0 aromatic rings. The zero-order chi connectivity index (χ0) is 37.2. The van der Waals surface area contributed by atoms with Crippen LogP contribution in [-0.4, -0.2) is 306 Å². The molecule has 16 N–H and O–H groups in total. The molecule has 0 spiro atoms. The third-order valence-electron chi connectivity index (χ3n) is 7.22. The maximum absolute atomic E-state index is 10.6. The minimum absolute atomic E-state index is 0. The Kier molecular flexibility index (Phi) is 33.5. The van der Waals surface area contributed by atoms with Crippen molar-refractivity contribution < 1.29 is 154 Å². The van der Waals surface area contributed by atoms with Crippen molar-refractivity contribution in [2.75, 3.05) is 26.4 Å². The molecule has 0 saturated carbocycles. The SMILES string of the molecule is O=C([O-])C(O)C(O)C(OC1OC(CO)C(O)C(O)C1O)C(O)CO.O=C([O-])C(O)C(O)C(OC1OC(CO)C(O)C(O)C1O)C(O)CO.[Br-].[Br-].[Ca+2].[Ca+2]. The third-order valence-corrected chi connectivity index (χ3v) is 7.22. The summed E-state index contributed by atoms with van der Waals surface area (Å²) in [5.41, 5.74) is 0. The first-order chi connectivity index (χ1) is 22.3. The largest absolute Gasteiger partial charge is 2.00 e. The van der Waals surface area contributed by atoms with Gasteiger partial charge in [-0.2, -0.15) is 0 Å². The van der Waals surface area contributed by atoms with Crippen molar-refractivity contribution in [1.82, 2.24) is 0 Å². The van der Waals surface area contributed by atoms with Gasteiger partial charge in [0.15, 0.2) is 12.6 Å². The molecule has 0 radical (unpaired) electrons. The van der Waals surface area contributed by atoms with Gasteiger partial charge in [-0.1, -0.05) is 0 Å². The molecule has 2 fully saturated rings. The molecule has 24 nitrogen and oxygen atoms in total. The van der Waals surface area contributed by atoms with Crippen molar-refractivity contribution in [3.8, 4) is 0 Å². The molecule has 2 heterocycles. The quantitative estimate of drug-likeness (QED) is 0.0639. The fourth-order valence-corrected chi connectivity index (χ4v) is 4.31. The summed E-state index contributed by atoms with van der Waals surface area (Å²) in [6, 6.07) is 0. The molecule has 2 aliphatic rings. The Morgan fingerprint density at radius 2 is 0.808 bits per heavy atom. The minimum Gasteiger partial charge on any atom is -1.00 e. The summed E-state index contributed by atoms with van der Waals surface area (Å²) in [6.45, 7) is -3.58. The molecule has 2 saturated heterocycles. The van der Waals surface area contributed by atoms with Crippen molar-refractivity contribution in [3.05, 3.63) is 0 Å². The number of carboxylic acids is 2. The third kappa shape index (κ3) is 16.5. The van der Waals surface area contributed by atoms with E-state index in [1.165, 1.54) is 0 Å². The summed E-state index contributed by atoms with van der Waals surface area (Å²) in [6.07, 6.45) is -34.5. The molecule has 0 aromatic heterocycles. The molecule has 28 heteroatoms. The van der Waals surface area contributed by atoms with Crippen LogP contribution in [0.1, 0.15) is 0 Å². The topological polar surface area (TPSA) is 441 Å². The summed E-state index contributed by atoms with van der Waals surface area (Å²) in [7, 11) is 0. The molecule has 0 aromatic carbocycles. The van der Waals surface area contributed by atoms with E-state index in [1.54, 1.807) is 0 Å². The average molecular weight is 955 g/mol. The number of hydrogen-bond acceptors (Lipinski definition) is 24. The second kappa shape index (κ2) is 28.9. The van der Waals surface area contributed by atoms with Gasteiger partial charge in [0.2, 0.25) is 0 Å². The van der Waals surface area contributed by atoms with E-state index >= 15 is 0 Å². The van der Waals surface area contributed by atoms with Crippen LogP contribution in [0.25, 0.3) is 0 Å². The molecule has 52 heavy (non-hydrogen) atoms. The minimum atomic E-state index is -2.50. The number of carbonyl (C=O) groups is 2. The number of halogens is 2. The van der Waals surface area contributed by atoms with E-state index in [0.717, 1.165) is 0 Å². The number of ether oxygens (including phenoxy) is 4. The number of carboxylic acid groups (broad SMARTS) is 2. The monoisotopic (exact) mass is 952 g/mol. The summed E-state index contributed by atoms with van der Waals surface area (Å²) < 4.78 is 19.9. The first-order valence-corrected chi connectivity index (χ1v) is 13.9. The summed E-state index contributed by atoms with van der Waals surface area (Å²) in [5.74, 6) is -4.18. The maximum Gasteiger partial charge on any atom is 2.00 e. The van der Waals surface area contributed by atoms with Crippen LogP contribution in [0, 0.1) is 0 Å². The maximum atomic E-state index is 10.6. The van der Waals surface area contributed by atoms with Crippen molar-refractivity contribution in [3.63, 3.8) is 0 Å². The normalized spacial score (nSPS) is 33.2. The van der Waals surface area contributed by atoms with Crippen LogP contribution in [-0.2, 0) is 28.5 Å². The molecule has 2 aliphatic heterocycles. The van der Waals surface area contributed by atoms with Gasteiger partial charge in [0.1, 0.15) is 97.7 Å². The van der Waals surface area contributed by atoms with E-state index in [4.69, 9.17) is 39.4 Å².